The van der Waals surface area contributed by atoms with Crippen LogP contribution in [-0.4, -0.2) is 0 Å². The van der Waals surface area contributed by atoms with Gasteiger partial charge in [0.25, 0.3) is 0 Å². The summed E-state index contributed by atoms with van der Waals surface area (Å²) in [5.74, 6) is -1.30. The lowest BCUT2D eigenvalue weighted by atomic mass is 9.92. The van der Waals surface area contributed by atoms with Gasteiger partial charge in [-0.3, -0.25) is 0 Å². The van der Waals surface area contributed by atoms with Crippen molar-refractivity contribution in [2.24, 2.45) is 0 Å². The molecule has 0 amide bonds. The van der Waals surface area contributed by atoms with E-state index in [9.17, 15) is 8.78 Å². The minimum Gasteiger partial charge on any atom is -0.204 e. The molecule has 84 valence electrons. The third kappa shape index (κ3) is 2.77. The Morgan fingerprint density at radius 1 is 1.27 bits per heavy atom. The Hall–Kier alpha value is -0.920. The Bertz CT molecular complexity index is 332. The van der Waals surface area contributed by atoms with Crippen LogP contribution in [0.25, 0.3) is 0 Å². The quantitative estimate of drug-likeness (QED) is 0.618. The molecule has 0 aromatic rings. The molecule has 0 atom stereocenters. The van der Waals surface area contributed by atoms with E-state index in [1.54, 1.807) is 6.92 Å². The molecule has 0 aliphatic heterocycles. The monoisotopic (exact) mass is 212 g/mol. The molecule has 0 saturated carbocycles. The summed E-state index contributed by atoms with van der Waals surface area (Å²) in [6.45, 7) is 5.58. The van der Waals surface area contributed by atoms with Gasteiger partial charge in [0, 0.05) is 0 Å². The first-order valence-electron chi connectivity index (χ1n) is 5.49. The summed E-state index contributed by atoms with van der Waals surface area (Å²) in [5, 5.41) is 0. The highest BCUT2D eigenvalue weighted by Gasteiger charge is 2.20. The second-order valence-electron chi connectivity index (χ2n) is 4.06. The predicted octanol–water partition coefficient (Wildman–Crippen LogP) is 4.99. The van der Waals surface area contributed by atoms with Crippen molar-refractivity contribution in [3.05, 3.63) is 34.4 Å². The highest BCUT2D eigenvalue weighted by atomic mass is 19.2. The molecule has 0 N–H and O–H groups in total. The molecule has 0 radical (unpaired) electrons. The Labute approximate surface area is 90.4 Å². The number of allylic oxidation sites excluding steroid dienone is 6. The van der Waals surface area contributed by atoms with E-state index in [-0.39, 0.29) is 0 Å². The molecule has 0 aromatic heterocycles. The standard InChI is InChI=1S/C13H18F2/c1-4-5-6-9(2)11-8-7-10(3)12(14)13(11)15/h6H,4-5,7-8H2,1-3H3/b9-6+. The molecule has 1 aliphatic carbocycles. The first kappa shape index (κ1) is 12.2. The molecule has 0 fully saturated rings. The maximum Gasteiger partial charge on any atom is 0.162 e. The normalized spacial score (nSPS) is 18.9. The van der Waals surface area contributed by atoms with Crippen LogP contribution in [0.5, 0.6) is 0 Å². The third-order valence-electron chi connectivity index (χ3n) is 2.80. The molecule has 0 aromatic carbocycles. The fraction of sp³-hybridized carbons (Fsp3) is 0.538. The summed E-state index contributed by atoms with van der Waals surface area (Å²) >= 11 is 0. The molecule has 1 aliphatic rings. The van der Waals surface area contributed by atoms with Gasteiger partial charge in [-0.2, -0.15) is 0 Å². The number of hydrogen-bond donors (Lipinski definition) is 0. The third-order valence-corrected chi connectivity index (χ3v) is 2.80. The van der Waals surface area contributed by atoms with E-state index in [1.165, 1.54) is 0 Å². The Morgan fingerprint density at radius 3 is 2.53 bits per heavy atom. The molecule has 15 heavy (non-hydrogen) atoms. The number of rotatable bonds is 3. The summed E-state index contributed by atoms with van der Waals surface area (Å²) in [6.07, 6.45) is 5.20. The van der Waals surface area contributed by atoms with Crippen molar-refractivity contribution < 1.29 is 8.78 Å². The average Bonchev–Trinajstić information content (AvgIpc) is 2.23. The van der Waals surface area contributed by atoms with Gasteiger partial charge in [-0.1, -0.05) is 19.4 Å². The fourth-order valence-electron chi connectivity index (χ4n) is 1.71. The Kier molecular flexibility index (Phi) is 4.25. The molecule has 2 heteroatoms. The van der Waals surface area contributed by atoms with Crippen molar-refractivity contribution in [3.63, 3.8) is 0 Å². The second-order valence-corrected chi connectivity index (χ2v) is 4.06. The van der Waals surface area contributed by atoms with Crippen molar-refractivity contribution in [3.8, 4) is 0 Å². The van der Waals surface area contributed by atoms with Crippen LogP contribution < -0.4 is 0 Å². The summed E-state index contributed by atoms with van der Waals surface area (Å²) < 4.78 is 26.9. The van der Waals surface area contributed by atoms with Gasteiger partial charge in [-0.15, -0.1) is 0 Å². The molecule has 0 unspecified atom stereocenters. The van der Waals surface area contributed by atoms with Crippen molar-refractivity contribution >= 4 is 0 Å². The molecule has 0 spiro atoms. The molecule has 0 nitrogen and oxygen atoms in total. The Balaban J connectivity index is 2.96. The van der Waals surface area contributed by atoms with Crippen LogP contribution in [0.2, 0.25) is 0 Å². The lowest BCUT2D eigenvalue weighted by Crippen LogP contribution is -2.00. The predicted molar refractivity (Wildman–Crippen MR) is 59.8 cm³/mol. The molecule has 1 rings (SSSR count). The topological polar surface area (TPSA) is 0 Å². The van der Waals surface area contributed by atoms with Crippen molar-refractivity contribution in [2.75, 3.05) is 0 Å². The van der Waals surface area contributed by atoms with E-state index in [1.807, 2.05) is 13.0 Å². The average molecular weight is 212 g/mol. The Morgan fingerprint density at radius 2 is 1.93 bits per heavy atom. The number of halogens is 2. The van der Waals surface area contributed by atoms with Gasteiger partial charge in [0.15, 0.2) is 11.7 Å². The van der Waals surface area contributed by atoms with Crippen LogP contribution in [-0.2, 0) is 0 Å². The summed E-state index contributed by atoms with van der Waals surface area (Å²) in [4.78, 5) is 0. The van der Waals surface area contributed by atoms with E-state index < -0.39 is 11.7 Å². The molecule has 0 saturated heterocycles. The van der Waals surface area contributed by atoms with Gasteiger partial charge in [0.1, 0.15) is 0 Å². The van der Waals surface area contributed by atoms with Gasteiger partial charge in [-0.25, -0.2) is 8.78 Å². The minimum atomic E-state index is -0.652. The number of hydrogen-bond acceptors (Lipinski definition) is 0. The van der Waals surface area contributed by atoms with Crippen molar-refractivity contribution in [1.29, 1.82) is 0 Å². The first-order valence-corrected chi connectivity index (χ1v) is 5.49. The lowest BCUT2D eigenvalue weighted by Gasteiger charge is -2.16. The molecule has 0 heterocycles. The highest BCUT2D eigenvalue weighted by Crippen LogP contribution is 2.35. The smallest absolute Gasteiger partial charge is 0.162 e. The van der Waals surface area contributed by atoms with E-state index in [2.05, 4.69) is 6.92 Å². The van der Waals surface area contributed by atoms with Crippen LogP contribution in [0.4, 0.5) is 8.78 Å². The molecule has 0 bridgehead atoms. The van der Waals surface area contributed by atoms with E-state index in [0.717, 1.165) is 18.4 Å². The SMILES string of the molecule is CCC/C=C(\C)C1=C(F)C(F)=C(C)CC1. The minimum absolute atomic E-state index is 0.527. The number of unbranched alkanes of at least 4 members (excludes halogenated alkanes) is 1. The maximum atomic E-state index is 13.6. The van der Waals surface area contributed by atoms with Crippen LogP contribution in [0.15, 0.2) is 34.4 Å². The van der Waals surface area contributed by atoms with Crippen LogP contribution >= 0.6 is 0 Å². The fourth-order valence-corrected chi connectivity index (χ4v) is 1.71. The van der Waals surface area contributed by atoms with Gasteiger partial charge in [0.05, 0.1) is 0 Å². The zero-order valence-electron chi connectivity index (χ0n) is 9.66. The second kappa shape index (κ2) is 5.24. The van der Waals surface area contributed by atoms with E-state index in [0.29, 0.717) is 24.0 Å². The van der Waals surface area contributed by atoms with Crippen LogP contribution in [0.3, 0.4) is 0 Å². The van der Waals surface area contributed by atoms with Gasteiger partial charge >= 0.3 is 0 Å². The van der Waals surface area contributed by atoms with Crippen LogP contribution in [0, 0.1) is 0 Å². The largest absolute Gasteiger partial charge is 0.204 e. The molecular weight excluding hydrogens is 194 g/mol. The van der Waals surface area contributed by atoms with Crippen LogP contribution in [0.1, 0.15) is 46.5 Å². The zero-order chi connectivity index (χ0) is 11.4. The van der Waals surface area contributed by atoms with Gasteiger partial charge < -0.3 is 0 Å². The van der Waals surface area contributed by atoms with Gasteiger partial charge in [0.2, 0.25) is 0 Å². The van der Waals surface area contributed by atoms with Gasteiger partial charge in [-0.05, 0) is 49.8 Å². The summed E-state index contributed by atoms with van der Waals surface area (Å²) in [7, 11) is 0. The first-order chi connectivity index (χ1) is 7.07. The lowest BCUT2D eigenvalue weighted by molar-refractivity contribution is 0.511. The van der Waals surface area contributed by atoms with E-state index >= 15 is 0 Å². The summed E-state index contributed by atoms with van der Waals surface area (Å²) in [6, 6.07) is 0. The summed E-state index contributed by atoms with van der Waals surface area (Å²) in [5.41, 5.74) is 1.96. The zero-order valence-corrected chi connectivity index (χ0v) is 9.66. The highest BCUT2D eigenvalue weighted by molar-refractivity contribution is 5.42. The van der Waals surface area contributed by atoms with E-state index in [4.69, 9.17) is 0 Å². The van der Waals surface area contributed by atoms with Crippen molar-refractivity contribution in [2.45, 2.75) is 46.5 Å². The molecular formula is C13H18F2. The maximum absolute atomic E-state index is 13.6. The van der Waals surface area contributed by atoms with Crippen molar-refractivity contribution in [1.82, 2.24) is 0 Å².